The number of aryl methyl sites for hydroxylation is 1. The summed E-state index contributed by atoms with van der Waals surface area (Å²) in [6.45, 7) is 0. The zero-order valence-corrected chi connectivity index (χ0v) is 6.84. The van der Waals surface area contributed by atoms with Crippen molar-refractivity contribution < 1.29 is 4.52 Å². The molecule has 1 aliphatic rings. The van der Waals surface area contributed by atoms with Gasteiger partial charge in [-0.1, -0.05) is 5.16 Å². The van der Waals surface area contributed by atoms with Crippen molar-refractivity contribution in [2.24, 2.45) is 0 Å². The Morgan fingerprint density at radius 1 is 1.55 bits per heavy atom. The van der Waals surface area contributed by atoms with E-state index in [-0.39, 0.29) is 0 Å². The minimum absolute atomic E-state index is 0.548. The molecule has 1 aromatic heterocycles. The van der Waals surface area contributed by atoms with Gasteiger partial charge >= 0.3 is 0 Å². The van der Waals surface area contributed by atoms with E-state index < -0.39 is 0 Å². The average Bonchev–Trinajstić information content (AvgIpc) is 2.75. The van der Waals surface area contributed by atoms with E-state index in [4.69, 9.17) is 16.1 Å². The highest BCUT2D eigenvalue weighted by Crippen LogP contribution is 2.38. The highest BCUT2D eigenvalue weighted by Gasteiger charge is 2.29. The zero-order chi connectivity index (χ0) is 7.68. The molecule has 1 fully saturated rings. The van der Waals surface area contributed by atoms with E-state index in [0.29, 0.717) is 18.2 Å². The monoisotopic (exact) mass is 172 g/mol. The Kier molecular flexibility index (Phi) is 1.82. The SMILES string of the molecule is ClCCc1noc(C2CC2)n1. The van der Waals surface area contributed by atoms with Crippen molar-refractivity contribution in [3.8, 4) is 0 Å². The van der Waals surface area contributed by atoms with Crippen LogP contribution in [0.5, 0.6) is 0 Å². The number of alkyl halides is 1. The van der Waals surface area contributed by atoms with E-state index in [1.165, 1.54) is 12.8 Å². The molecule has 1 aliphatic carbocycles. The third-order valence-corrected chi connectivity index (χ3v) is 1.92. The number of nitrogens with zero attached hydrogens (tertiary/aromatic N) is 2. The second-order valence-corrected chi connectivity index (χ2v) is 3.14. The summed E-state index contributed by atoms with van der Waals surface area (Å²) in [5, 5.41) is 3.80. The van der Waals surface area contributed by atoms with Gasteiger partial charge in [0.05, 0.1) is 0 Å². The molecule has 2 rings (SSSR count). The van der Waals surface area contributed by atoms with Gasteiger partial charge in [-0.25, -0.2) is 0 Å². The summed E-state index contributed by atoms with van der Waals surface area (Å²) in [5.74, 6) is 2.64. The summed E-state index contributed by atoms with van der Waals surface area (Å²) in [5.41, 5.74) is 0. The van der Waals surface area contributed by atoms with Crippen LogP contribution in [0.4, 0.5) is 0 Å². The van der Waals surface area contributed by atoms with Crippen LogP contribution < -0.4 is 0 Å². The normalized spacial score (nSPS) is 17.2. The third kappa shape index (κ3) is 1.53. The Morgan fingerprint density at radius 3 is 3.00 bits per heavy atom. The van der Waals surface area contributed by atoms with Gasteiger partial charge in [0.1, 0.15) is 0 Å². The largest absolute Gasteiger partial charge is 0.339 e. The van der Waals surface area contributed by atoms with Crippen molar-refractivity contribution in [3.05, 3.63) is 11.7 Å². The molecular weight excluding hydrogens is 164 g/mol. The number of aromatic nitrogens is 2. The molecule has 0 atom stereocenters. The molecule has 0 unspecified atom stereocenters. The second kappa shape index (κ2) is 2.81. The van der Waals surface area contributed by atoms with Gasteiger partial charge in [0.15, 0.2) is 5.82 Å². The van der Waals surface area contributed by atoms with Crippen LogP contribution >= 0.6 is 11.6 Å². The summed E-state index contributed by atoms with van der Waals surface area (Å²) in [4.78, 5) is 4.20. The third-order valence-electron chi connectivity index (χ3n) is 1.73. The lowest BCUT2D eigenvalue weighted by atomic mass is 10.4. The molecule has 0 spiro atoms. The van der Waals surface area contributed by atoms with Crippen LogP contribution in [0.1, 0.15) is 30.5 Å². The first-order chi connectivity index (χ1) is 5.40. The number of hydrogen-bond donors (Lipinski definition) is 0. The molecule has 0 saturated heterocycles. The predicted octanol–water partition coefficient (Wildman–Crippen LogP) is 1.73. The molecule has 4 heteroatoms. The van der Waals surface area contributed by atoms with Crippen LogP contribution in [0.15, 0.2) is 4.52 Å². The quantitative estimate of drug-likeness (QED) is 0.652. The first-order valence-electron chi connectivity index (χ1n) is 3.78. The summed E-state index contributed by atoms with van der Waals surface area (Å²) in [7, 11) is 0. The minimum atomic E-state index is 0.548. The van der Waals surface area contributed by atoms with E-state index in [0.717, 1.165) is 11.7 Å². The molecular formula is C7H9ClN2O. The summed E-state index contributed by atoms with van der Waals surface area (Å²) in [6, 6.07) is 0. The van der Waals surface area contributed by atoms with Gasteiger partial charge in [-0.05, 0) is 12.8 Å². The number of halogens is 1. The van der Waals surface area contributed by atoms with E-state index >= 15 is 0 Å². The Morgan fingerprint density at radius 2 is 2.36 bits per heavy atom. The van der Waals surface area contributed by atoms with Gasteiger partial charge in [0.2, 0.25) is 5.89 Å². The molecule has 3 nitrogen and oxygen atoms in total. The standard InChI is InChI=1S/C7H9ClN2O/c8-4-3-6-9-7(11-10-6)5-1-2-5/h5H,1-4H2. The maximum Gasteiger partial charge on any atom is 0.229 e. The Balaban J connectivity index is 2.06. The molecule has 0 radical (unpaired) electrons. The predicted molar refractivity (Wildman–Crippen MR) is 40.7 cm³/mol. The average molecular weight is 173 g/mol. The summed E-state index contributed by atoms with van der Waals surface area (Å²) < 4.78 is 5.02. The van der Waals surface area contributed by atoms with Gasteiger partial charge in [-0.3, -0.25) is 0 Å². The highest BCUT2D eigenvalue weighted by atomic mass is 35.5. The molecule has 11 heavy (non-hydrogen) atoms. The molecule has 0 aromatic carbocycles. The second-order valence-electron chi connectivity index (χ2n) is 2.76. The van der Waals surface area contributed by atoms with E-state index in [1.807, 2.05) is 0 Å². The van der Waals surface area contributed by atoms with Crippen molar-refractivity contribution >= 4 is 11.6 Å². The van der Waals surface area contributed by atoms with E-state index in [1.54, 1.807) is 0 Å². The molecule has 0 N–H and O–H groups in total. The Hall–Kier alpha value is -0.570. The number of hydrogen-bond acceptors (Lipinski definition) is 3. The van der Waals surface area contributed by atoms with Crippen LogP contribution in [0, 0.1) is 0 Å². The van der Waals surface area contributed by atoms with Gasteiger partial charge in [0.25, 0.3) is 0 Å². The zero-order valence-electron chi connectivity index (χ0n) is 6.09. The Bertz CT molecular complexity index is 244. The molecule has 0 aliphatic heterocycles. The lowest BCUT2D eigenvalue weighted by molar-refractivity contribution is 0.374. The number of rotatable bonds is 3. The summed E-state index contributed by atoms with van der Waals surface area (Å²) in [6.07, 6.45) is 3.10. The molecule has 1 aromatic rings. The molecule has 1 heterocycles. The van der Waals surface area contributed by atoms with Crippen LogP contribution in [0.2, 0.25) is 0 Å². The fourth-order valence-electron chi connectivity index (χ4n) is 0.950. The maximum absolute atomic E-state index is 5.52. The molecule has 0 amide bonds. The van der Waals surface area contributed by atoms with E-state index in [9.17, 15) is 0 Å². The van der Waals surface area contributed by atoms with Gasteiger partial charge in [-0.15, -0.1) is 11.6 Å². The fraction of sp³-hybridized carbons (Fsp3) is 0.714. The Labute approximate surface area is 69.7 Å². The first-order valence-corrected chi connectivity index (χ1v) is 4.32. The van der Waals surface area contributed by atoms with Crippen molar-refractivity contribution in [2.45, 2.75) is 25.2 Å². The van der Waals surface area contributed by atoms with Crippen LogP contribution in [0.3, 0.4) is 0 Å². The van der Waals surface area contributed by atoms with Gasteiger partial charge in [0, 0.05) is 18.2 Å². The molecule has 0 bridgehead atoms. The van der Waals surface area contributed by atoms with E-state index in [2.05, 4.69) is 10.1 Å². The first kappa shape index (κ1) is 7.10. The highest BCUT2D eigenvalue weighted by molar-refractivity contribution is 6.17. The fourth-order valence-corrected chi connectivity index (χ4v) is 1.12. The van der Waals surface area contributed by atoms with Crippen molar-refractivity contribution in [2.75, 3.05) is 5.88 Å². The maximum atomic E-state index is 5.52. The topological polar surface area (TPSA) is 38.9 Å². The van der Waals surface area contributed by atoms with Crippen LogP contribution in [-0.4, -0.2) is 16.0 Å². The van der Waals surface area contributed by atoms with Gasteiger partial charge in [-0.2, -0.15) is 4.98 Å². The molecule has 1 saturated carbocycles. The van der Waals surface area contributed by atoms with Crippen molar-refractivity contribution in [3.63, 3.8) is 0 Å². The lowest BCUT2D eigenvalue weighted by Crippen LogP contribution is -1.88. The summed E-state index contributed by atoms with van der Waals surface area (Å²) >= 11 is 5.52. The van der Waals surface area contributed by atoms with Crippen molar-refractivity contribution in [1.82, 2.24) is 10.1 Å². The molecule has 60 valence electrons. The minimum Gasteiger partial charge on any atom is -0.339 e. The van der Waals surface area contributed by atoms with Crippen LogP contribution in [0.25, 0.3) is 0 Å². The van der Waals surface area contributed by atoms with Crippen LogP contribution in [-0.2, 0) is 6.42 Å². The smallest absolute Gasteiger partial charge is 0.229 e. The van der Waals surface area contributed by atoms with Crippen molar-refractivity contribution in [1.29, 1.82) is 0 Å². The van der Waals surface area contributed by atoms with Gasteiger partial charge < -0.3 is 4.52 Å². The lowest BCUT2D eigenvalue weighted by Gasteiger charge is -1.82.